The van der Waals surface area contributed by atoms with E-state index in [1.54, 1.807) is 20.9 Å². The zero-order valence-corrected chi connectivity index (χ0v) is 18.1. The molecule has 5 nitrogen and oxygen atoms in total. The van der Waals surface area contributed by atoms with Crippen LogP contribution in [0.4, 0.5) is 13.2 Å². The van der Waals surface area contributed by atoms with Gasteiger partial charge in [0.1, 0.15) is 0 Å². The van der Waals surface area contributed by atoms with Crippen LogP contribution in [0.2, 0.25) is 0 Å². The molecule has 2 aromatic rings. The van der Waals surface area contributed by atoms with Gasteiger partial charge in [0.25, 0.3) is 5.91 Å². The quantitative estimate of drug-likeness (QED) is 0.738. The van der Waals surface area contributed by atoms with Crippen molar-refractivity contribution in [1.82, 2.24) is 14.5 Å². The highest BCUT2D eigenvalue weighted by Gasteiger charge is 2.38. The Kier molecular flexibility index (Phi) is 8.82. The van der Waals surface area contributed by atoms with Crippen LogP contribution in [0.5, 0.6) is 0 Å². The van der Waals surface area contributed by atoms with E-state index in [4.69, 9.17) is 5.73 Å². The van der Waals surface area contributed by atoms with Crippen LogP contribution in [0, 0.1) is 5.41 Å². The van der Waals surface area contributed by atoms with Crippen molar-refractivity contribution in [1.29, 1.82) is 0 Å². The van der Waals surface area contributed by atoms with E-state index >= 15 is 0 Å². The molecule has 1 aromatic carbocycles. The largest absolute Gasteiger partial charge is 0.449 e. The molecular weight excluding hydrogens is 416 g/mol. The van der Waals surface area contributed by atoms with E-state index < -0.39 is 18.0 Å². The summed E-state index contributed by atoms with van der Waals surface area (Å²) >= 11 is 0. The number of aromatic nitrogens is 2. The molecule has 2 N–H and O–H groups in total. The number of carbonyl (C=O) groups excluding carboxylic acids is 1. The van der Waals surface area contributed by atoms with Gasteiger partial charge in [-0.2, -0.15) is 13.2 Å². The number of carbonyl (C=O) groups is 1. The fourth-order valence-electron chi connectivity index (χ4n) is 2.95. The first-order valence-corrected chi connectivity index (χ1v) is 8.42. The van der Waals surface area contributed by atoms with Gasteiger partial charge in [0.2, 0.25) is 5.82 Å². The first-order valence-electron chi connectivity index (χ1n) is 8.42. The van der Waals surface area contributed by atoms with Crippen molar-refractivity contribution in [2.75, 3.05) is 20.1 Å². The van der Waals surface area contributed by atoms with Crippen LogP contribution in [0.15, 0.2) is 18.2 Å². The number of nitrogens with two attached hydrogens (primary N) is 1. The van der Waals surface area contributed by atoms with Gasteiger partial charge in [0.15, 0.2) is 0 Å². The number of imidazole rings is 1. The lowest BCUT2D eigenvalue weighted by Gasteiger charge is -2.29. The van der Waals surface area contributed by atoms with E-state index in [1.807, 2.05) is 13.8 Å². The summed E-state index contributed by atoms with van der Waals surface area (Å²) in [5, 5.41) is 0. The van der Waals surface area contributed by atoms with Gasteiger partial charge in [-0.1, -0.05) is 13.8 Å². The SMILES string of the molecule is CC(C)n1c(C(F)(F)F)nc2cc(C(=O)N(C)CC(C)(C)CN)ccc21.Cl.Cl. The molecular formula is C18H27Cl2F3N4O. The number of halogens is 5. The Morgan fingerprint density at radius 3 is 2.29 bits per heavy atom. The van der Waals surface area contributed by atoms with E-state index in [1.165, 1.54) is 23.1 Å². The molecule has 0 unspecified atom stereocenters. The lowest BCUT2D eigenvalue weighted by atomic mass is 9.93. The van der Waals surface area contributed by atoms with Crippen LogP contribution in [-0.2, 0) is 6.18 Å². The molecule has 10 heteroatoms. The molecule has 2 rings (SSSR count). The summed E-state index contributed by atoms with van der Waals surface area (Å²) in [7, 11) is 1.65. The Morgan fingerprint density at radius 2 is 1.82 bits per heavy atom. The maximum Gasteiger partial charge on any atom is 0.449 e. The lowest BCUT2D eigenvalue weighted by Crippen LogP contribution is -2.39. The van der Waals surface area contributed by atoms with Crippen molar-refractivity contribution in [3.63, 3.8) is 0 Å². The second kappa shape index (κ2) is 9.33. The fourth-order valence-corrected chi connectivity index (χ4v) is 2.95. The molecule has 0 saturated heterocycles. The van der Waals surface area contributed by atoms with Crippen molar-refractivity contribution in [3.05, 3.63) is 29.6 Å². The van der Waals surface area contributed by atoms with Gasteiger partial charge in [0.05, 0.1) is 11.0 Å². The second-order valence-electron chi connectivity index (χ2n) is 7.63. The van der Waals surface area contributed by atoms with Crippen molar-refractivity contribution in [3.8, 4) is 0 Å². The lowest BCUT2D eigenvalue weighted by molar-refractivity contribution is -0.147. The Morgan fingerprint density at radius 1 is 1.25 bits per heavy atom. The molecule has 0 fully saturated rings. The molecule has 0 spiro atoms. The number of hydrogen-bond acceptors (Lipinski definition) is 3. The first-order chi connectivity index (χ1) is 11.9. The Labute approximate surface area is 175 Å². The van der Waals surface area contributed by atoms with Crippen LogP contribution in [-0.4, -0.2) is 40.5 Å². The number of fused-ring (bicyclic) bond motifs is 1. The van der Waals surface area contributed by atoms with E-state index in [2.05, 4.69) is 4.98 Å². The number of benzene rings is 1. The zero-order chi connectivity index (χ0) is 19.9. The predicted octanol–water partition coefficient (Wildman–Crippen LogP) is 4.54. The molecule has 1 aromatic heterocycles. The summed E-state index contributed by atoms with van der Waals surface area (Å²) in [6.07, 6.45) is -4.56. The minimum Gasteiger partial charge on any atom is -0.341 e. The standard InChI is InChI=1S/C18H25F3N4O.2ClH/c1-11(2)25-14-7-6-12(8-13(14)23-16(25)18(19,20)21)15(26)24(5)10-17(3,4)9-22;;/h6-8,11H,9-10,22H2,1-5H3;2*1H. The van der Waals surface area contributed by atoms with Crippen LogP contribution < -0.4 is 5.73 Å². The number of hydrogen-bond donors (Lipinski definition) is 1. The minimum atomic E-state index is -4.56. The van der Waals surface area contributed by atoms with E-state index in [0.29, 0.717) is 24.2 Å². The maximum absolute atomic E-state index is 13.3. The van der Waals surface area contributed by atoms with Crippen LogP contribution in [0.25, 0.3) is 11.0 Å². The third-order valence-electron chi connectivity index (χ3n) is 4.27. The number of rotatable bonds is 5. The third-order valence-corrected chi connectivity index (χ3v) is 4.27. The highest BCUT2D eigenvalue weighted by Crippen LogP contribution is 2.34. The van der Waals surface area contributed by atoms with Crippen molar-refractivity contribution >= 4 is 41.8 Å². The Bertz CT molecular complexity index is 819. The molecule has 0 atom stereocenters. The van der Waals surface area contributed by atoms with Gasteiger partial charge in [-0.15, -0.1) is 24.8 Å². The predicted molar refractivity (Wildman–Crippen MR) is 109 cm³/mol. The summed E-state index contributed by atoms with van der Waals surface area (Å²) in [5.41, 5.74) is 6.26. The topological polar surface area (TPSA) is 64.2 Å². The third kappa shape index (κ3) is 5.52. The summed E-state index contributed by atoms with van der Waals surface area (Å²) < 4.78 is 41.0. The van der Waals surface area contributed by atoms with Gasteiger partial charge >= 0.3 is 6.18 Å². The van der Waals surface area contributed by atoms with Gasteiger partial charge in [-0.25, -0.2) is 4.98 Å². The molecule has 0 aliphatic rings. The molecule has 160 valence electrons. The summed E-state index contributed by atoms with van der Waals surface area (Å²) in [6.45, 7) is 8.07. The molecule has 0 saturated carbocycles. The Balaban J connectivity index is 0.00000364. The van der Waals surface area contributed by atoms with Crippen LogP contribution in [0.1, 0.15) is 49.9 Å². The van der Waals surface area contributed by atoms with Crippen molar-refractivity contribution in [2.24, 2.45) is 11.1 Å². The van der Waals surface area contributed by atoms with Crippen molar-refractivity contribution < 1.29 is 18.0 Å². The molecule has 0 bridgehead atoms. The molecule has 1 heterocycles. The van der Waals surface area contributed by atoms with Crippen LogP contribution in [0.3, 0.4) is 0 Å². The average Bonchev–Trinajstić information content (AvgIpc) is 2.92. The first kappa shape index (κ1) is 26.5. The number of alkyl halides is 3. The van der Waals surface area contributed by atoms with Crippen molar-refractivity contribution in [2.45, 2.75) is 39.9 Å². The summed E-state index contributed by atoms with van der Waals surface area (Å²) in [6, 6.07) is 4.06. The normalized spacial score (nSPS) is 11.9. The molecule has 1 amide bonds. The smallest absolute Gasteiger partial charge is 0.341 e. The van der Waals surface area contributed by atoms with E-state index in [9.17, 15) is 18.0 Å². The molecule has 28 heavy (non-hydrogen) atoms. The van der Waals surface area contributed by atoms with Crippen LogP contribution >= 0.6 is 24.8 Å². The number of nitrogens with zero attached hydrogens (tertiary/aromatic N) is 3. The van der Waals surface area contributed by atoms with Gasteiger partial charge in [0, 0.05) is 25.2 Å². The highest BCUT2D eigenvalue weighted by atomic mass is 35.5. The van der Waals surface area contributed by atoms with E-state index in [-0.39, 0.29) is 41.7 Å². The number of amides is 1. The summed E-state index contributed by atoms with van der Waals surface area (Å²) in [4.78, 5) is 17.9. The van der Waals surface area contributed by atoms with Gasteiger partial charge in [-0.3, -0.25) is 4.79 Å². The molecule has 0 radical (unpaired) electrons. The highest BCUT2D eigenvalue weighted by molar-refractivity contribution is 5.97. The molecule has 0 aliphatic carbocycles. The zero-order valence-electron chi connectivity index (χ0n) is 16.5. The minimum absolute atomic E-state index is 0. The summed E-state index contributed by atoms with van der Waals surface area (Å²) in [5.74, 6) is -1.23. The fraction of sp³-hybridized carbons (Fsp3) is 0.556. The maximum atomic E-state index is 13.3. The van der Waals surface area contributed by atoms with E-state index in [0.717, 1.165) is 4.57 Å². The second-order valence-corrected chi connectivity index (χ2v) is 7.63. The monoisotopic (exact) mass is 442 g/mol. The van der Waals surface area contributed by atoms with Gasteiger partial charge in [-0.05, 0) is 44.0 Å². The Hall–Kier alpha value is -1.51. The van der Waals surface area contributed by atoms with Gasteiger partial charge < -0.3 is 15.2 Å². The average molecular weight is 443 g/mol. The molecule has 0 aliphatic heterocycles.